The van der Waals surface area contributed by atoms with Crippen molar-refractivity contribution in [3.05, 3.63) is 11.6 Å². The van der Waals surface area contributed by atoms with Gasteiger partial charge in [0, 0.05) is 32.0 Å². The van der Waals surface area contributed by atoms with E-state index in [9.17, 15) is 4.79 Å². The molecule has 2 atom stereocenters. The van der Waals surface area contributed by atoms with Crippen molar-refractivity contribution in [2.45, 2.75) is 83.2 Å². The highest BCUT2D eigenvalue weighted by atomic mass is 16.2. The van der Waals surface area contributed by atoms with Crippen molar-refractivity contribution in [1.29, 1.82) is 0 Å². The molecule has 1 saturated heterocycles. The van der Waals surface area contributed by atoms with Crippen molar-refractivity contribution in [3.8, 4) is 0 Å². The Balaban J connectivity index is 1.74. The number of aromatic nitrogens is 3. The zero-order valence-corrected chi connectivity index (χ0v) is 15.1. The number of fused-ring (bicyclic) bond motifs is 1. The molecule has 6 nitrogen and oxygen atoms in total. The van der Waals surface area contributed by atoms with Gasteiger partial charge < -0.3 is 15.2 Å². The molecule has 0 bridgehead atoms. The van der Waals surface area contributed by atoms with Crippen LogP contribution >= 0.6 is 0 Å². The Morgan fingerprint density at radius 2 is 2.08 bits per heavy atom. The van der Waals surface area contributed by atoms with Crippen LogP contribution in [0.2, 0.25) is 0 Å². The van der Waals surface area contributed by atoms with Gasteiger partial charge in [-0.25, -0.2) is 0 Å². The molecule has 1 amide bonds. The number of rotatable bonds is 4. The number of amides is 1. The second-order valence-corrected chi connectivity index (χ2v) is 7.69. The van der Waals surface area contributed by atoms with Gasteiger partial charge in [0.05, 0.1) is 5.54 Å². The first-order valence-corrected chi connectivity index (χ1v) is 9.53. The van der Waals surface area contributed by atoms with Crippen molar-refractivity contribution < 1.29 is 4.79 Å². The Hall–Kier alpha value is -1.43. The van der Waals surface area contributed by atoms with Crippen LogP contribution in [0.1, 0.15) is 76.4 Å². The summed E-state index contributed by atoms with van der Waals surface area (Å²) in [5.41, 5.74) is 5.52. The molecule has 2 N–H and O–H groups in total. The maximum atomic E-state index is 12.8. The van der Waals surface area contributed by atoms with E-state index < -0.39 is 5.54 Å². The second-order valence-electron chi connectivity index (χ2n) is 7.69. The van der Waals surface area contributed by atoms with Gasteiger partial charge in [0.2, 0.25) is 5.91 Å². The highest BCUT2D eigenvalue weighted by molar-refractivity contribution is 5.85. The highest BCUT2D eigenvalue weighted by Gasteiger charge is 2.36. The highest BCUT2D eigenvalue weighted by Crippen LogP contribution is 2.29. The minimum atomic E-state index is -0.752. The van der Waals surface area contributed by atoms with E-state index in [0.717, 1.165) is 63.4 Å². The van der Waals surface area contributed by atoms with Crippen LogP contribution in [0.15, 0.2) is 0 Å². The molecule has 0 aromatic carbocycles. The quantitative estimate of drug-likeness (QED) is 0.916. The van der Waals surface area contributed by atoms with Crippen molar-refractivity contribution in [1.82, 2.24) is 19.7 Å². The molecule has 1 aromatic rings. The predicted octanol–water partition coefficient (Wildman–Crippen LogP) is 2.23. The summed E-state index contributed by atoms with van der Waals surface area (Å²) in [7, 11) is 0. The first-order chi connectivity index (χ1) is 11.5. The number of carbonyl (C=O) groups is 1. The summed E-state index contributed by atoms with van der Waals surface area (Å²) in [6, 6.07) is 0. The topological polar surface area (TPSA) is 77.0 Å². The van der Waals surface area contributed by atoms with Crippen LogP contribution in [0.4, 0.5) is 0 Å². The average molecular weight is 333 g/mol. The van der Waals surface area contributed by atoms with Gasteiger partial charge in [-0.3, -0.25) is 4.79 Å². The summed E-state index contributed by atoms with van der Waals surface area (Å²) in [4.78, 5) is 14.8. The van der Waals surface area contributed by atoms with Crippen LogP contribution in [0.5, 0.6) is 0 Å². The van der Waals surface area contributed by atoms with E-state index in [0.29, 0.717) is 5.92 Å². The van der Waals surface area contributed by atoms with Crippen molar-refractivity contribution in [3.63, 3.8) is 0 Å². The van der Waals surface area contributed by atoms with Crippen molar-refractivity contribution in [2.75, 3.05) is 13.1 Å². The van der Waals surface area contributed by atoms with Crippen molar-refractivity contribution in [2.24, 2.45) is 5.73 Å². The number of nitrogens with two attached hydrogens (primary N) is 1. The molecule has 2 aliphatic heterocycles. The van der Waals surface area contributed by atoms with E-state index in [2.05, 4.69) is 21.7 Å². The number of likely N-dealkylation sites (tertiary alicyclic amines) is 1. The Bertz CT molecular complexity index is 580. The molecule has 24 heavy (non-hydrogen) atoms. The average Bonchev–Trinajstić information content (AvgIpc) is 2.83. The normalized spacial score (nSPS) is 24.1. The molecule has 3 heterocycles. The van der Waals surface area contributed by atoms with Crippen LogP contribution < -0.4 is 5.73 Å². The summed E-state index contributed by atoms with van der Waals surface area (Å²) >= 11 is 0. The van der Waals surface area contributed by atoms with E-state index in [-0.39, 0.29) is 5.91 Å². The summed E-state index contributed by atoms with van der Waals surface area (Å²) < 4.78 is 2.32. The summed E-state index contributed by atoms with van der Waals surface area (Å²) in [6.07, 6.45) is 8.44. The first kappa shape index (κ1) is 17.4. The molecule has 1 fully saturated rings. The monoisotopic (exact) mass is 333 g/mol. The fraction of sp³-hybridized carbons (Fsp3) is 0.833. The Morgan fingerprint density at radius 3 is 2.88 bits per heavy atom. The molecule has 0 spiro atoms. The van der Waals surface area contributed by atoms with E-state index in [1.165, 1.54) is 19.3 Å². The molecule has 1 aromatic heterocycles. The molecule has 2 aliphatic rings. The van der Waals surface area contributed by atoms with Crippen LogP contribution in [0.25, 0.3) is 0 Å². The van der Waals surface area contributed by atoms with Crippen LogP contribution in [0, 0.1) is 0 Å². The smallest absolute Gasteiger partial charge is 0.242 e. The lowest BCUT2D eigenvalue weighted by atomic mass is 9.91. The lowest BCUT2D eigenvalue weighted by molar-refractivity contribution is -0.138. The number of hydrogen-bond donors (Lipinski definition) is 1. The Labute approximate surface area is 144 Å². The number of carbonyl (C=O) groups excluding carboxylic acids is 1. The maximum Gasteiger partial charge on any atom is 0.242 e. The third-order valence-electron chi connectivity index (χ3n) is 5.47. The van der Waals surface area contributed by atoms with Crippen LogP contribution in [-0.2, 0) is 17.8 Å². The van der Waals surface area contributed by atoms with Gasteiger partial charge >= 0.3 is 0 Å². The standard InChI is InChI=1S/C18H31N5O/c1-3-10-18(2,19)17(24)22-11-7-8-14(13-22)16-21-20-15-9-5-4-6-12-23(15)16/h14H,3-13,19H2,1-2H3. The summed E-state index contributed by atoms with van der Waals surface area (Å²) in [5.74, 6) is 2.59. The van der Waals surface area contributed by atoms with E-state index in [4.69, 9.17) is 5.73 Å². The molecule has 0 radical (unpaired) electrons. The lowest BCUT2D eigenvalue weighted by Crippen LogP contribution is -2.55. The summed E-state index contributed by atoms with van der Waals surface area (Å²) in [6.45, 7) is 6.50. The number of hydrogen-bond acceptors (Lipinski definition) is 4. The van der Waals surface area contributed by atoms with Gasteiger partial charge in [-0.05, 0) is 39.0 Å². The van der Waals surface area contributed by atoms with Crippen LogP contribution in [-0.4, -0.2) is 44.2 Å². The zero-order chi connectivity index (χ0) is 17.2. The zero-order valence-electron chi connectivity index (χ0n) is 15.1. The van der Waals surface area contributed by atoms with Gasteiger partial charge in [-0.2, -0.15) is 0 Å². The van der Waals surface area contributed by atoms with Gasteiger partial charge in [0.15, 0.2) is 0 Å². The molecule has 134 valence electrons. The second kappa shape index (κ2) is 7.21. The molecular weight excluding hydrogens is 302 g/mol. The minimum Gasteiger partial charge on any atom is -0.340 e. The number of nitrogens with zero attached hydrogens (tertiary/aromatic N) is 4. The Morgan fingerprint density at radius 1 is 1.25 bits per heavy atom. The molecule has 6 heteroatoms. The Kier molecular flexibility index (Phi) is 5.23. The molecule has 0 saturated carbocycles. The van der Waals surface area contributed by atoms with Gasteiger partial charge in [0.25, 0.3) is 0 Å². The molecule has 0 aliphatic carbocycles. The van der Waals surface area contributed by atoms with Gasteiger partial charge in [-0.1, -0.05) is 19.8 Å². The van der Waals surface area contributed by atoms with Gasteiger partial charge in [-0.15, -0.1) is 10.2 Å². The third kappa shape index (κ3) is 3.48. The number of piperidine rings is 1. The molecular formula is C18H31N5O. The van der Waals surface area contributed by atoms with E-state index in [1.807, 2.05) is 11.8 Å². The fourth-order valence-corrected chi connectivity index (χ4v) is 4.17. The van der Waals surface area contributed by atoms with Gasteiger partial charge in [0.1, 0.15) is 11.6 Å². The SMILES string of the molecule is CCCC(C)(N)C(=O)N1CCCC(c2nnc3n2CCCCC3)C1. The minimum absolute atomic E-state index is 0.0876. The van der Waals surface area contributed by atoms with Crippen LogP contribution in [0.3, 0.4) is 0 Å². The maximum absolute atomic E-state index is 12.8. The lowest BCUT2D eigenvalue weighted by Gasteiger charge is -2.37. The van der Waals surface area contributed by atoms with E-state index >= 15 is 0 Å². The molecule has 3 rings (SSSR count). The van der Waals surface area contributed by atoms with E-state index in [1.54, 1.807) is 0 Å². The fourth-order valence-electron chi connectivity index (χ4n) is 4.17. The van der Waals surface area contributed by atoms with Crippen molar-refractivity contribution >= 4 is 5.91 Å². The largest absolute Gasteiger partial charge is 0.340 e. The molecule has 2 unspecified atom stereocenters. The third-order valence-corrected chi connectivity index (χ3v) is 5.47. The summed E-state index contributed by atoms with van der Waals surface area (Å²) in [5, 5.41) is 8.92. The number of aryl methyl sites for hydroxylation is 1. The first-order valence-electron chi connectivity index (χ1n) is 9.53. The predicted molar refractivity (Wildman–Crippen MR) is 93.6 cm³/mol.